The molecule has 0 radical (unpaired) electrons. The molecule has 8 heteroatoms. The lowest BCUT2D eigenvalue weighted by Crippen LogP contribution is -2.23. The predicted octanol–water partition coefficient (Wildman–Crippen LogP) is 4.50. The van der Waals surface area contributed by atoms with Crippen LogP contribution in [0.25, 0.3) is 22.0 Å². The van der Waals surface area contributed by atoms with Gasteiger partial charge in [-0.3, -0.25) is 10.8 Å². The highest BCUT2D eigenvalue weighted by Gasteiger charge is 2.36. The summed E-state index contributed by atoms with van der Waals surface area (Å²) in [6, 6.07) is 22.8. The summed E-state index contributed by atoms with van der Waals surface area (Å²) in [6.07, 6.45) is 0. The van der Waals surface area contributed by atoms with Crippen molar-refractivity contribution in [3.63, 3.8) is 0 Å². The van der Waals surface area contributed by atoms with Gasteiger partial charge in [-0.15, -0.1) is 4.40 Å². The molecule has 4 aromatic rings. The van der Waals surface area contributed by atoms with Gasteiger partial charge in [-0.1, -0.05) is 48.0 Å². The minimum absolute atomic E-state index is 0.0235. The molecule has 0 spiro atoms. The van der Waals surface area contributed by atoms with Gasteiger partial charge in [0.05, 0.1) is 21.5 Å². The maximum Gasteiger partial charge on any atom is 0.284 e. The second kappa shape index (κ2) is 7.53. The normalized spacial score (nSPS) is 14.6. The van der Waals surface area contributed by atoms with Crippen LogP contribution in [0, 0.1) is 6.92 Å². The largest absolute Gasteiger partial charge is 0.763 e. The average molecular weight is 438 g/mol. The van der Waals surface area contributed by atoms with Gasteiger partial charge in [-0.2, -0.15) is 8.42 Å². The number of aromatic nitrogens is 2. The molecule has 0 fully saturated rings. The molecule has 1 aliphatic rings. The van der Waals surface area contributed by atoms with E-state index in [1.807, 2.05) is 43.3 Å². The monoisotopic (exact) mass is 438 g/mol. The lowest BCUT2D eigenvalue weighted by Gasteiger charge is -2.19. The molecule has 0 saturated heterocycles. The molecule has 156 valence electrons. The third kappa shape index (κ3) is 3.28. The number of benzene rings is 3. The van der Waals surface area contributed by atoms with Crippen LogP contribution in [0.1, 0.15) is 11.3 Å². The molecule has 0 saturated carbocycles. The minimum Gasteiger partial charge on any atom is -0.763 e. The fourth-order valence-electron chi connectivity index (χ4n) is 3.52. The lowest BCUT2D eigenvalue weighted by molar-refractivity contribution is 0.598. The van der Waals surface area contributed by atoms with Crippen molar-refractivity contribution in [1.82, 2.24) is 9.97 Å². The van der Waals surface area contributed by atoms with Crippen LogP contribution >= 0.6 is 0 Å². The van der Waals surface area contributed by atoms with Gasteiger partial charge in [-0.05, 0) is 43.3 Å². The number of para-hydroxylation sites is 3. The van der Waals surface area contributed by atoms with E-state index < -0.39 is 10.0 Å². The molecule has 7 nitrogen and oxygen atoms in total. The van der Waals surface area contributed by atoms with Gasteiger partial charge < -0.3 is 5.41 Å². The summed E-state index contributed by atoms with van der Waals surface area (Å²) in [7, 11) is -4.09. The average Bonchev–Trinajstić information content (AvgIpc) is 3.09. The van der Waals surface area contributed by atoms with Crippen molar-refractivity contribution in [2.45, 2.75) is 11.8 Å². The van der Waals surface area contributed by atoms with E-state index in [1.165, 1.54) is 12.1 Å². The van der Waals surface area contributed by atoms with E-state index in [9.17, 15) is 13.8 Å². The summed E-state index contributed by atoms with van der Waals surface area (Å²) in [5, 5.41) is 9.97. The van der Waals surface area contributed by atoms with Gasteiger partial charge in [0.15, 0.2) is 11.7 Å². The number of anilines is 2. The molecule has 0 N–H and O–H groups in total. The Morgan fingerprint density at radius 2 is 1.50 bits per heavy atom. The number of rotatable bonds is 3. The molecular formula is C24H16N5O2S-. The van der Waals surface area contributed by atoms with Gasteiger partial charge in [0.25, 0.3) is 10.0 Å². The Morgan fingerprint density at radius 1 is 0.875 bits per heavy atom. The summed E-state index contributed by atoms with van der Waals surface area (Å²) in [4.78, 5) is 10.9. The first kappa shape index (κ1) is 19.8. The predicted molar refractivity (Wildman–Crippen MR) is 126 cm³/mol. The van der Waals surface area contributed by atoms with Gasteiger partial charge in [0.1, 0.15) is 5.69 Å². The fraction of sp³-hybridized carbons (Fsp3) is 0.0417. The third-order valence-electron chi connectivity index (χ3n) is 5.09. The van der Waals surface area contributed by atoms with Crippen LogP contribution in [0.4, 0.5) is 11.5 Å². The molecule has 0 atom stereocenters. The van der Waals surface area contributed by atoms with E-state index in [0.29, 0.717) is 28.2 Å². The Labute approximate surface area is 185 Å². The number of hydrogen-bond acceptors (Lipinski definition) is 4. The van der Waals surface area contributed by atoms with Crippen LogP contribution in [0.2, 0.25) is 0 Å². The fourth-order valence-corrected chi connectivity index (χ4v) is 4.51. The van der Waals surface area contributed by atoms with Crippen LogP contribution in [0.15, 0.2) is 88.2 Å². The summed E-state index contributed by atoms with van der Waals surface area (Å²) in [5.41, 5.74) is 3.15. The maximum absolute atomic E-state index is 13.1. The quantitative estimate of drug-likeness (QED) is 0.439. The van der Waals surface area contributed by atoms with Crippen molar-refractivity contribution in [2.75, 3.05) is 4.90 Å². The standard InChI is InChI=1S/C24H16N5O2S/c1-16-11-13-18(14-12-16)32(30,31)28-23-19(15-25)22-24(29(23)17-7-3-2-4-8-17)27-21-10-6-5-9-20(21)26-22/h2-14H,1H3/q-1. The number of aryl methyl sites for hydroxylation is 1. The van der Waals surface area contributed by atoms with E-state index in [2.05, 4.69) is 15.3 Å². The Kier molecular flexibility index (Phi) is 4.66. The Morgan fingerprint density at radius 3 is 2.16 bits per heavy atom. The molecule has 3 aromatic carbocycles. The van der Waals surface area contributed by atoms with Crippen LogP contribution < -0.4 is 4.90 Å². The number of nitrogens with zero attached hydrogens (tertiary/aromatic N) is 5. The summed E-state index contributed by atoms with van der Waals surface area (Å²) < 4.78 is 30.4. The zero-order valence-electron chi connectivity index (χ0n) is 17.0. The highest BCUT2D eigenvalue weighted by molar-refractivity contribution is 7.90. The number of amidine groups is 1. The van der Waals surface area contributed by atoms with Crippen molar-refractivity contribution >= 4 is 49.8 Å². The topological polar surface area (TPSA) is 97.8 Å². The molecule has 1 aliphatic heterocycles. The summed E-state index contributed by atoms with van der Waals surface area (Å²) in [5.74, 6) is 2.44. The molecule has 0 bridgehead atoms. The van der Waals surface area contributed by atoms with Crippen LogP contribution in [0.5, 0.6) is 0 Å². The SMILES string of the molecule is Cc1ccc(S(=O)(=O)N=C2C(=C=[N-])c3nc4ccccc4nc3N2c2ccccc2)cc1. The second-order valence-electron chi connectivity index (χ2n) is 7.25. The van der Waals surface area contributed by atoms with E-state index in [-0.39, 0.29) is 16.3 Å². The maximum atomic E-state index is 13.1. The Balaban J connectivity index is 1.78. The van der Waals surface area contributed by atoms with Crippen LogP contribution in [-0.2, 0) is 10.0 Å². The third-order valence-corrected chi connectivity index (χ3v) is 6.37. The first-order valence-electron chi connectivity index (χ1n) is 9.79. The number of hydrogen-bond donors (Lipinski definition) is 0. The lowest BCUT2D eigenvalue weighted by atomic mass is 10.2. The van der Waals surface area contributed by atoms with Gasteiger partial charge in [0.2, 0.25) is 0 Å². The molecule has 0 aliphatic carbocycles. The highest BCUT2D eigenvalue weighted by Crippen LogP contribution is 2.40. The molecule has 5 rings (SSSR count). The van der Waals surface area contributed by atoms with Crippen molar-refractivity contribution in [3.05, 3.63) is 95.5 Å². The molecular weight excluding hydrogens is 422 g/mol. The summed E-state index contributed by atoms with van der Waals surface area (Å²) in [6.45, 7) is 1.87. The Hall–Kier alpha value is -4.13. The second-order valence-corrected chi connectivity index (χ2v) is 8.85. The number of sulfonamides is 1. The zero-order valence-corrected chi connectivity index (χ0v) is 17.8. The van der Waals surface area contributed by atoms with Crippen molar-refractivity contribution in [2.24, 2.45) is 4.40 Å². The smallest absolute Gasteiger partial charge is 0.284 e. The molecule has 32 heavy (non-hydrogen) atoms. The Bertz CT molecular complexity index is 1540. The minimum atomic E-state index is -4.09. The molecule has 2 heterocycles. The van der Waals surface area contributed by atoms with E-state index >= 15 is 0 Å². The van der Waals surface area contributed by atoms with Gasteiger partial charge >= 0.3 is 0 Å². The van der Waals surface area contributed by atoms with E-state index in [0.717, 1.165) is 5.56 Å². The van der Waals surface area contributed by atoms with Crippen molar-refractivity contribution in [3.8, 4) is 0 Å². The van der Waals surface area contributed by atoms with Crippen LogP contribution in [-0.4, -0.2) is 30.1 Å². The summed E-state index contributed by atoms with van der Waals surface area (Å²) >= 11 is 0. The van der Waals surface area contributed by atoms with Gasteiger partial charge in [0, 0.05) is 5.69 Å². The van der Waals surface area contributed by atoms with E-state index in [1.54, 1.807) is 35.2 Å². The highest BCUT2D eigenvalue weighted by atomic mass is 32.2. The first-order valence-corrected chi connectivity index (χ1v) is 11.2. The first-order chi connectivity index (χ1) is 15.5. The van der Waals surface area contributed by atoms with Crippen molar-refractivity contribution < 1.29 is 8.42 Å². The zero-order chi connectivity index (χ0) is 22.3. The molecule has 1 aromatic heterocycles. The van der Waals surface area contributed by atoms with Crippen molar-refractivity contribution in [1.29, 1.82) is 0 Å². The van der Waals surface area contributed by atoms with E-state index in [4.69, 9.17) is 4.98 Å². The molecule has 0 unspecified atom stereocenters. The molecule has 0 amide bonds. The van der Waals surface area contributed by atoms with Crippen LogP contribution in [0.3, 0.4) is 0 Å². The number of fused-ring (bicyclic) bond motifs is 2. The van der Waals surface area contributed by atoms with Gasteiger partial charge in [-0.25, -0.2) is 9.97 Å².